The highest BCUT2D eigenvalue weighted by molar-refractivity contribution is 7.15. The summed E-state index contributed by atoms with van der Waals surface area (Å²) >= 11 is 1.17. The molecular weight excluding hydrogens is 413 g/mol. The standard InChI is InChI=1S/C25H22FNO3S/c1-16(28)22-11-12-23(31-22)25(30)27-13-5-8-19(15-27)24(29)18-9-10-20(21(26)14-18)17-6-3-2-4-7-17/h2-4,6-7,9-12,14,19H,5,8,13,15H2,1H3/t19-/m1/s1. The number of piperidine rings is 1. The summed E-state index contributed by atoms with van der Waals surface area (Å²) < 4.78 is 14.7. The molecule has 2 heterocycles. The number of hydrogen-bond acceptors (Lipinski definition) is 4. The average molecular weight is 436 g/mol. The normalized spacial score (nSPS) is 16.2. The van der Waals surface area contributed by atoms with Crippen LogP contribution in [0, 0.1) is 11.7 Å². The Morgan fingerprint density at radius 1 is 1.00 bits per heavy atom. The molecule has 0 N–H and O–H groups in total. The third kappa shape index (κ3) is 4.49. The van der Waals surface area contributed by atoms with Gasteiger partial charge in [0.15, 0.2) is 11.6 Å². The van der Waals surface area contributed by atoms with Gasteiger partial charge in [-0.1, -0.05) is 42.5 Å². The van der Waals surface area contributed by atoms with E-state index in [1.807, 2.05) is 30.3 Å². The summed E-state index contributed by atoms with van der Waals surface area (Å²) in [5, 5.41) is 0. The minimum absolute atomic E-state index is 0.0725. The first-order chi connectivity index (χ1) is 14.9. The molecule has 1 amide bonds. The van der Waals surface area contributed by atoms with Gasteiger partial charge in [0, 0.05) is 30.1 Å². The van der Waals surface area contributed by atoms with Gasteiger partial charge in [-0.05, 0) is 43.5 Å². The monoisotopic (exact) mass is 435 g/mol. The Kier molecular flexibility index (Phi) is 6.09. The molecule has 1 saturated heterocycles. The van der Waals surface area contributed by atoms with Gasteiger partial charge in [-0.25, -0.2) is 4.39 Å². The van der Waals surface area contributed by atoms with E-state index in [1.54, 1.807) is 29.2 Å². The van der Waals surface area contributed by atoms with Crippen molar-refractivity contribution in [1.82, 2.24) is 4.90 Å². The zero-order valence-electron chi connectivity index (χ0n) is 17.1. The van der Waals surface area contributed by atoms with Gasteiger partial charge in [0.2, 0.25) is 0 Å². The second-order valence-corrected chi connectivity index (χ2v) is 8.82. The summed E-state index contributed by atoms with van der Waals surface area (Å²) in [5.41, 5.74) is 1.54. The lowest BCUT2D eigenvalue weighted by Crippen LogP contribution is -2.42. The van der Waals surface area contributed by atoms with Gasteiger partial charge in [0.25, 0.3) is 5.91 Å². The van der Waals surface area contributed by atoms with Gasteiger partial charge in [0.1, 0.15) is 5.82 Å². The molecular formula is C25H22FNO3S. The van der Waals surface area contributed by atoms with Crippen molar-refractivity contribution in [3.05, 3.63) is 81.8 Å². The fraction of sp³-hybridized carbons (Fsp3) is 0.240. The van der Waals surface area contributed by atoms with Gasteiger partial charge in [-0.3, -0.25) is 14.4 Å². The highest BCUT2D eigenvalue weighted by Crippen LogP contribution is 2.28. The number of halogens is 1. The molecule has 3 aromatic rings. The molecule has 4 rings (SSSR count). The number of amides is 1. The first-order valence-electron chi connectivity index (χ1n) is 10.2. The van der Waals surface area contributed by atoms with E-state index in [-0.39, 0.29) is 23.4 Å². The van der Waals surface area contributed by atoms with E-state index < -0.39 is 5.82 Å². The second-order valence-electron chi connectivity index (χ2n) is 7.74. The molecule has 158 valence electrons. The maximum Gasteiger partial charge on any atom is 0.263 e. The summed E-state index contributed by atoms with van der Waals surface area (Å²) in [6.07, 6.45) is 1.37. The maximum atomic E-state index is 14.7. The number of nitrogens with zero attached hydrogens (tertiary/aromatic N) is 1. The molecule has 0 unspecified atom stereocenters. The van der Waals surface area contributed by atoms with Gasteiger partial charge in [0.05, 0.1) is 9.75 Å². The first kappa shape index (κ1) is 21.1. The highest BCUT2D eigenvalue weighted by Gasteiger charge is 2.30. The number of likely N-dealkylation sites (tertiary alicyclic amines) is 1. The molecule has 4 nitrogen and oxygen atoms in total. The van der Waals surface area contributed by atoms with Crippen molar-refractivity contribution in [3.63, 3.8) is 0 Å². The molecule has 0 aliphatic carbocycles. The molecule has 0 bridgehead atoms. The molecule has 1 fully saturated rings. The lowest BCUT2D eigenvalue weighted by atomic mass is 9.89. The van der Waals surface area contributed by atoms with Gasteiger partial charge < -0.3 is 4.90 Å². The van der Waals surface area contributed by atoms with Crippen LogP contribution in [0.5, 0.6) is 0 Å². The van der Waals surface area contributed by atoms with Gasteiger partial charge >= 0.3 is 0 Å². The molecule has 2 aromatic carbocycles. The summed E-state index contributed by atoms with van der Waals surface area (Å²) in [7, 11) is 0. The molecule has 1 aliphatic rings. The van der Waals surface area contributed by atoms with E-state index in [2.05, 4.69) is 0 Å². The topological polar surface area (TPSA) is 54.5 Å². The second kappa shape index (κ2) is 8.94. The van der Waals surface area contributed by atoms with Crippen molar-refractivity contribution >= 4 is 28.8 Å². The molecule has 6 heteroatoms. The van der Waals surface area contributed by atoms with E-state index in [0.717, 1.165) is 5.56 Å². The Hall–Kier alpha value is -3.12. The largest absolute Gasteiger partial charge is 0.337 e. The van der Waals surface area contributed by atoms with Crippen LogP contribution in [0.15, 0.2) is 60.7 Å². The minimum atomic E-state index is -0.434. The molecule has 0 spiro atoms. The van der Waals surface area contributed by atoms with E-state index in [0.29, 0.717) is 46.8 Å². The molecule has 1 aromatic heterocycles. The fourth-order valence-electron chi connectivity index (χ4n) is 3.93. The summed E-state index contributed by atoms with van der Waals surface area (Å²) in [5.74, 6) is -1.19. The number of ketones is 2. The Morgan fingerprint density at radius 2 is 1.74 bits per heavy atom. The zero-order valence-corrected chi connectivity index (χ0v) is 18.0. The van der Waals surface area contributed by atoms with Crippen molar-refractivity contribution in [1.29, 1.82) is 0 Å². The van der Waals surface area contributed by atoms with Crippen LogP contribution in [0.2, 0.25) is 0 Å². The van der Waals surface area contributed by atoms with E-state index in [9.17, 15) is 18.8 Å². The fourth-order valence-corrected chi connectivity index (χ4v) is 4.80. The van der Waals surface area contributed by atoms with Crippen LogP contribution in [0.4, 0.5) is 4.39 Å². The van der Waals surface area contributed by atoms with Crippen LogP contribution in [0.3, 0.4) is 0 Å². The van der Waals surface area contributed by atoms with Crippen molar-refractivity contribution in [3.8, 4) is 11.1 Å². The number of benzene rings is 2. The maximum absolute atomic E-state index is 14.7. The Morgan fingerprint density at radius 3 is 2.42 bits per heavy atom. The van der Waals surface area contributed by atoms with Crippen molar-refractivity contribution in [2.45, 2.75) is 19.8 Å². The predicted molar refractivity (Wildman–Crippen MR) is 119 cm³/mol. The van der Waals surface area contributed by atoms with Crippen LogP contribution in [-0.2, 0) is 0 Å². The van der Waals surface area contributed by atoms with Crippen LogP contribution >= 0.6 is 11.3 Å². The van der Waals surface area contributed by atoms with Crippen molar-refractivity contribution < 1.29 is 18.8 Å². The number of thiophene rings is 1. The average Bonchev–Trinajstić information content (AvgIpc) is 3.29. The molecule has 31 heavy (non-hydrogen) atoms. The lowest BCUT2D eigenvalue weighted by Gasteiger charge is -2.31. The van der Waals surface area contributed by atoms with E-state index in [1.165, 1.54) is 24.3 Å². The first-order valence-corrected chi connectivity index (χ1v) is 11.0. The zero-order chi connectivity index (χ0) is 22.0. The summed E-state index contributed by atoms with van der Waals surface area (Å²) in [6, 6.07) is 17.1. The molecule has 1 atom stereocenters. The number of carbonyl (C=O) groups is 3. The number of hydrogen-bond donors (Lipinski definition) is 0. The lowest BCUT2D eigenvalue weighted by molar-refractivity contribution is 0.0640. The summed E-state index contributed by atoms with van der Waals surface area (Å²) in [6.45, 7) is 2.34. The smallest absolute Gasteiger partial charge is 0.263 e. The van der Waals surface area contributed by atoms with E-state index >= 15 is 0 Å². The van der Waals surface area contributed by atoms with Gasteiger partial charge in [-0.15, -0.1) is 11.3 Å². The van der Waals surface area contributed by atoms with Gasteiger partial charge in [-0.2, -0.15) is 0 Å². The Bertz CT molecular complexity index is 1140. The number of carbonyl (C=O) groups excluding carboxylic acids is 3. The summed E-state index contributed by atoms with van der Waals surface area (Å²) in [4.78, 5) is 40.1. The van der Waals surface area contributed by atoms with E-state index in [4.69, 9.17) is 0 Å². The molecule has 0 saturated carbocycles. The van der Waals surface area contributed by atoms with Crippen LogP contribution in [0.25, 0.3) is 11.1 Å². The van der Waals surface area contributed by atoms with Crippen LogP contribution in [0.1, 0.15) is 49.5 Å². The highest BCUT2D eigenvalue weighted by atomic mass is 32.1. The Labute approximate surface area is 184 Å². The van der Waals surface area contributed by atoms with Crippen LogP contribution in [-0.4, -0.2) is 35.5 Å². The third-order valence-electron chi connectivity index (χ3n) is 5.58. The van der Waals surface area contributed by atoms with Crippen molar-refractivity contribution in [2.75, 3.05) is 13.1 Å². The number of Topliss-reactive ketones (excluding diaryl/α,β-unsaturated/α-hetero) is 2. The predicted octanol–water partition coefficient (Wildman–Crippen LogP) is 5.49. The Balaban J connectivity index is 1.49. The molecule has 0 radical (unpaired) electrons. The van der Waals surface area contributed by atoms with Crippen molar-refractivity contribution in [2.24, 2.45) is 5.92 Å². The minimum Gasteiger partial charge on any atom is -0.337 e. The SMILES string of the molecule is CC(=O)c1ccc(C(=O)N2CCC[C@@H](C(=O)c3ccc(-c4ccccc4)c(F)c3)C2)s1. The molecule has 1 aliphatic heterocycles. The van der Waals surface area contributed by atoms with Crippen LogP contribution < -0.4 is 0 Å². The number of rotatable bonds is 5. The quantitative estimate of drug-likeness (QED) is 0.498. The third-order valence-corrected chi connectivity index (χ3v) is 6.76.